The van der Waals surface area contributed by atoms with E-state index in [0.717, 1.165) is 25.6 Å². The fourth-order valence-corrected chi connectivity index (χ4v) is 2.33. The van der Waals surface area contributed by atoms with E-state index in [9.17, 15) is 8.78 Å². The van der Waals surface area contributed by atoms with Gasteiger partial charge in [-0.1, -0.05) is 12.5 Å². The lowest BCUT2D eigenvalue weighted by Gasteiger charge is -2.23. The second kappa shape index (κ2) is 6.81. The molecule has 1 unspecified atom stereocenters. The third-order valence-electron chi connectivity index (χ3n) is 3.41. The second-order valence-corrected chi connectivity index (χ2v) is 4.85. The van der Waals surface area contributed by atoms with Crippen LogP contribution in [0.5, 0.6) is 0 Å². The number of nitrogens with one attached hydrogen (secondary N) is 2. The van der Waals surface area contributed by atoms with Crippen molar-refractivity contribution in [2.45, 2.75) is 38.3 Å². The summed E-state index contributed by atoms with van der Waals surface area (Å²) in [6.45, 7) is 2.42. The first kappa shape index (κ1) is 13.4. The molecule has 2 N–H and O–H groups in total. The standard InChI is InChI=1S/C14H20F2N2/c15-12-5-4-11(14(16)9-12)10-17-8-6-13-3-1-2-7-18-13/h4-5,9,13,17-18H,1-3,6-8,10H2. The molecule has 0 bridgehead atoms. The van der Waals surface area contributed by atoms with Crippen LogP contribution in [0.3, 0.4) is 0 Å². The Bertz CT molecular complexity index is 376. The van der Waals surface area contributed by atoms with Gasteiger partial charge >= 0.3 is 0 Å². The third-order valence-corrected chi connectivity index (χ3v) is 3.41. The molecule has 1 aromatic rings. The van der Waals surface area contributed by atoms with Crippen LogP contribution < -0.4 is 10.6 Å². The summed E-state index contributed by atoms with van der Waals surface area (Å²) in [5, 5.41) is 6.68. The lowest BCUT2D eigenvalue weighted by Crippen LogP contribution is -2.36. The summed E-state index contributed by atoms with van der Waals surface area (Å²) in [6, 6.07) is 4.31. The van der Waals surface area contributed by atoms with Crippen LogP contribution in [0, 0.1) is 11.6 Å². The zero-order valence-corrected chi connectivity index (χ0v) is 10.5. The molecule has 1 aliphatic rings. The molecule has 18 heavy (non-hydrogen) atoms. The van der Waals surface area contributed by atoms with E-state index < -0.39 is 11.6 Å². The minimum absolute atomic E-state index is 0.457. The van der Waals surface area contributed by atoms with Gasteiger partial charge in [-0.2, -0.15) is 0 Å². The highest BCUT2D eigenvalue weighted by Crippen LogP contribution is 2.11. The lowest BCUT2D eigenvalue weighted by molar-refractivity contribution is 0.376. The van der Waals surface area contributed by atoms with Crippen LogP contribution in [-0.4, -0.2) is 19.1 Å². The van der Waals surface area contributed by atoms with Crippen LogP contribution in [0.15, 0.2) is 18.2 Å². The van der Waals surface area contributed by atoms with Crippen molar-refractivity contribution in [2.24, 2.45) is 0 Å². The van der Waals surface area contributed by atoms with Gasteiger partial charge in [0.15, 0.2) is 0 Å². The average Bonchev–Trinajstić information content (AvgIpc) is 2.38. The number of benzene rings is 1. The molecule has 100 valence electrons. The lowest BCUT2D eigenvalue weighted by atomic mass is 10.0. The molecule has 4 heteroatoms. The van der Waals surface area contributed by atoms with Gasteiger partial charge in [0.25, 0.3) is 0 Å². The first-order valence-electron chi connectivity index (χ1n) is 6.64. The molecule has 1 aliphatic heterocycles. The minimum atomic E-state index is -0.525. The van der Waals surface area contributed by atoms with Crippen LogP contribution in [0.25, 0.3) is 0 Å². The van der Waals surface area contributed by atoms with Crippen molar-refractivity contribution in [1.82, 2.24) is 10.6 Å². The molecule has 0 saturated carbocycles. The van der Waals surface area contributed by atoms with Crippen LogP contribution in [0.4, 0.5) is 8.78 Å². The summed E-state index contributed by atoms with van der Waals surface area (Å²) in [4.78, 5) is 0. The zero-order valence-electron chi connectivity index (χ0n) is 10.5. The molecule has 0 radical (unpaired) electrons. The summed E-state index contributed by atoms with van der Waals surface area (Å²) in [5.74, 6) is -0.999. The molecule has 2 rings (SSSR count). The van der Waals surface area contributed by atoms with Gasteiger partial charge in [-0.15, -0.1) is 0 Å². The van der Waals surface area contributed by atoms with Gasteiger partial charge in [0.05, 0.1) is 0 Å². The van der Waals surface area contributed by atoms with E-state index in [1.165, 1.54) is 31.4 Å². The number of hydrogen-bond donors (Lipinski definition) is 2. The Kier molecular flexibility index (Phi) is 5.08. The van der Waals surface area contributed by atoms with Crippen molar-refractivity contribution in [2.75, 3.05) is 13.1 Å². The second-order valence-electron chi connectivity index (χ2n) is 4.85. The third kappa shape index (κ3) is 4.03. The Morgan fingerprint density at radius 1 is 1.28 bits per heavy atom. The Morgan fingerprint density at radius 2 is 2.17 bits per heavy atom. The Labute approximate surface area is 107 Å². The Hall–Kier alpha value is -1.00. The van der Waals surface area contributed by atoms with E-state index in [1.807, 2.05) is 0 Å². The minimum Gasteiger partial charge on any atom is -0.314 e. The molecular weight excluding hydrogens is 234 g/mol. The summed E-state index contributed by atoms with van der Waals surface area (Å²) in [5.41, 5.74) is 0.521. The largest absolute Gasteiger partial charge is 0.314 e. The summed E-state index contributed by atoms with van der Waals surface area (Å²) in [6.07, 6.45) is 4.85. The predicted molar refractivity (Wildman–Crippen MR) is 68.3 cm³/mol. The van der Waals surface area contributed by atoms with E-state index in [1.54, 1.807) is 0 Å². The van der Waals surface area contributed by atoms with Crippen molar-refractivity contribution < 1.29 is 8.78 Å². The fourth-order valence-electron chi connectivity index (χ4n) is 2.33. The number of piperidine rings is 1. The van der Waals surface area contributed by atoms with E-state index in [0.29, 0.717) is 18.2 Å². The molecule has 0 amide bonds. The Morgan fingerprint density at radius 3 is 2.89 bits per heavy atom. The molecule has 1 fully saturated rings. The maximum Gasteiger partial charge on any atom is 0.130 e. The van der Waals surface area contributed by atoms with Crippen LogP contribution >= 0.6 is 0 Å². The van der Waals surface area contributed by atoms with E-state index >= 15 is 0 Å². The number of rotatable bonds is 5. The zero-order chi connectivity index (χ0) is 12.8. The summed E-state index contributed by atoms with van der Waals surface area (Å²) in [7, 11) is 0. The van der Waals surface area contributed by atoms with Crippen molar-refractivity contribution in [1.29, 1.82) is 0 Å². The fraction of sp³-hybridized carbons (Fsp3) is 0.571. The monoisotopic (exact) mass is 254 g/mol. The van der Waals surface area contributed by atoms with Gasteiger partial charge in [0.2, 0.25) is 0 Å². The molecule has 1 heterocycles. The average molecular weight is 254 g/mol. The van der Waals surface area contributed by atoms with Crippen molar-refractivity contribution in [3.8, 4) is 0 Å². The molecule has 2 nitrogen and oxygen atoms in total. The first-order valence-corrected chi connectivity index (χ1v) is 6.64. The van der Waals surface area contributed by atoms with Gasteiger partial charge in [0.1, 0.15) is 11.6 Å². The van der Waals surface area contributed by atoms with Crippen LogP contribution in [0.1, 0.15) is 31.2 Å². The van der Waals surface area contributed by atoms with E-state index in [4.69, 9.17) is 0 Å². The van der Waals surface area contributed by atoms with Crippen LogP contribution in [0.2, 0.25) is 0 Å². The van der Waals surface area contributed by atoms with Gasteiger partial charge in [-0.25, -0.2) is 8.78 Å². The molecule has 1 aromatic carbocycles. The number of halogens is 2. The molecule has 0 spiro atoms. The molecule has 0 aromatic heterocycles. The Balaban J connectivity index is 1.68. The van der Waals surface area contributed by atoms with E-state index in [2.05, 4.69) is 10.6 Å². The molecule has 1 saturated heterocycles. The SMILES string of the molecule is Fc1ccc(CNCCC2CCCCN2)c(F)c1. The van der Waals surface area contributed by atoms with E-state index in [-0.39, 0.29) is 0 Å². The maximum atomic E-state index is 13.3. The molecule has 1 atom stereocenters. The normalized spacial score (nSPS) is 20.0. The molecule has 0 aliphatic carbocycles. The van der Waals surface area contributed by atoms with Crippen molar-refractivity contribution in [3.05, 3.63) is 35.4 Å². The summed E-state index contributed by atoms with van der Waals surface area (Å²) >= 11 is 0. The van der Waals surface area contributed by atoms with Gasteiger partial charge in [-0.05, 0) is 38.4 Å². The van der Waals surface area contributed by atoms with Crippen molar-refractivity contribution in [3.63, 3.8) is 0 Å². The molecular formula is C14H20F2N2. The van der Waals surface area contributed by atoms with Gasteiger partial charge in [-0.3, -0.25) is 0 Å². The predicted octanol–water partition coefficient (Wildman–Crippen LogP) is 2.59. The maximum absolute atomic E-state index is 13.3. The highest BCUT2D eigenvalue weighted by Gasteiger charge is 2.11. The summed E-state index contributed by atoms with van der Waals surface area (Å²) < 4.78 is 26.1. The highest BCUT2D eigenvalue weighted by molar-refractivity contribution is 5.18. The first-order chi connectivity index (χ1) is 8.75. The van der Waals surface area contributed by atoms with Gasteiger partial charge < -0.3 is 10.6 Å². The topological polar surface area (TPSA) is 24.1 Å². The smallest absolute Gasteiger partial charge is 0.130 e. The van der Waals surface area contributed by atoms with Crippen LogP contribution in [-0.2, 0) is 6.54 Å². The van der Waals surface area contributed by atoms with Gasteiger partial charge in [0, 0.05) is 24.2 Å². The quantitative estimate of drug-likeness (QED) is 0.789. The number of hydrogen-bond acceptors (Lipinski definition) is 2. The highest BCUT2D eigenvalue weighted by atomic mass is 19.1. The van der Waals surface area contributed by atoms with Crippen molar-refractivity contribution >= 4 is 0 Å².